The van der Waals surface area contributed by atoms with E-state index in [0.29, 0.717) is 5.75 Å². The van der Waals surface area contributed by atoms with E-state index in [-0.39, 0.29) is 5.91 Å². The Morgan fingerprint density at radius 1 is 1.07 bits per heavy atom. The van der Waals surface area contributed by atoms with Crippen LogP contribution in [0.25, 0.3) is 0 Å². The van der Waals surface area contributed by atoms with Gasteiger partial charge in [0.15, 0.2) is 8.68 Å². The Hall–Kier alpha value is -2.03. The molecule has 28 heavy (non-hydrogen) atoms. The fourth-order valence-corrected chi connectivity index (χ4v) is 5.16. The van der Waals surface area contributed by atoms with Gasteiger partial charge in [-0.1, -0.05) is 59.1 Å². The van der Waals surface area contributed by atoms with Crippen LogP contribution in [0.15, 0.2) is 51.1 Å². The van der Waals surface area contributed by atoms with Crippen LogP contribution < -0.4 is 10.1 Å². The van der Waals surface area contributed by atoms with Gasteiger partial charge < -0.3 is 10.1 Å². The van der Waals surface area contributed by atoms with E-state index in [1.54, 1.807) is 18.9 Å². The summed E-state index contributed by atoms with van der Waals surface area (Å²) >= 11 is 4.56. The summed E-state index contributed by atoms with van der Waals surface area (Å²) in [5, 5.41) is 11.3. The SMILES string of the molecule is COc1ccc(CSc2nnc(SCC(=O)Nc3cccc(C)c3C)s2)cc1. The number of carbonyl (C=O) groups excluding carboxylic acids is 1. The van der Waals surface area contributed by atoms with Crippen LogP contribution >= 0.6 is 34.9 Å². The highest BCUT2D eigenvalue weighted by Crippen LogP contribution is 2.31. The van der Waals surface area contributed by atoms with E-state index in [1.807, 2.05) is 56.3 Å². The Kier molecular flexibility index (Phi) is 7.36. The predicted octanol–water partition coefficient (Wildman–Crippen LogP) is 5.19. The van der Waals surface area contributed by atoms with E-state index < -0.39 is 0 Å². The van der Waals surface area contributed by atoms with Crippen LogP contribution in [-0.2, 0) is 10.5 Å². The molecule has 0 atom stereocenters. The molecule has 0 aliphatic rings. The van der Waals surface area contributed by atoms with Gasteiger partial charge in [-0.3, -0.25) is 4.79 Å². The summed E-state index contributed by atoms with van der Waals surface area (Å²) in [6.45, 7) is 4.04. The van der Waals surface area contributed by atoms with Gasteiger partial charge in [0, 0.05) is 11.4 Å². The molecule has 0 bridgehead atoms. The van der Waals surface area contributed by atoms with Crippen LogP contribution in [0.4, 0.5) is 5.69 Å². The number of aryl methyl sites for hydroxylation is 1. The number of amides is 1. The van der Waals surface area contributed by atoms with Gasteiger partial charge in [-0.05, 0) is 48.7 Å². The van der Waals surface area contributed by atoms with Crippen LogP contribution in [0.3, 0.4) is 0 Å². The molecule has 1 heterocycles. The van der Waals surface area contributed by atoms with Crippen molar-refractivity contribution in [2.45, 2.75) is 28.3 Å². The van der Waals surface area contributed by atoms with Crippen LogP contribution in [0.5, 0.6) is 5.75 Å². The second kappa shape index (κ2) is 9.95. The molecular weight excluding hydrogens is 410 g/mol. The van der Waals surface area contributed by atoms with E-state index >= 15 is 0 Å². The molecule has 2 aromatic carbocycles. The molecule has 3 rings (SSSR count). The molecule has 1 aromatic heterocycles. The highest BCUT2D eigenvalue weighted by Gasteiger charge is 2.10. The summed E-state index contributed by atoms with van der Waals surface area (Å²) in [7, 11) is 1.66. The maximum absolute atomic E-state index is 12.2. The first-order chi connectivity index (χ1) is 13.5. The number of hydrogen-bond acceptors (Lipinski definition) is 7. The van der Waals surface area contributed by atoms with Crippen LogP contribution in [0.2, 0.25) is 0 Å². The minimum absolute atomic E-state index is 0.0404. The summed E-state index contributed by atoms with van der Waals surface area (Å²) in [4.78, 5) is 12.2. The van der Waals surface area contributed by atoms with E-state index in [0.717, 1.165) is 37.0 Å². The molecule has 0 unspecified atom stereocenters. The van der Waals surface area contributed by atoms with Gasteiger partial charge in [-0.2, -0.15) is 0 Å². The van der Waals surface area contributed by atoms with Crippen molar-refractivity contribution in [3.05, 3.63) is 59.2 Å². The summed E-state index contributed by atoms with van der Waals surface area (Å²) in [5.74, 6) is 1.94. The number of anilines is 1. The van der Waals surface area contributed by atoms with Crippen molar-refractivity contribution >= 4 is 46.5 Å². The summed E-state index contributed by atoms with van der Waals surface area (Å²) < 4.78 is 6.86. The van der Waals surface area contributed by atoms with E-state index in [2.05, 4.69) is 15.5 Å². The monoisotopic (exact) mass is 431 g/mol. The number of nitrogens with one attached hydrogen (secondary N) is 1. The number of carbonyl (C=O) groups is 1. The smallest absolute Gasteiger partial charge is 0.234 e. The number of ether oxygens (including phenoxy) is 1. The number of aromatic nitrogens is 2. The summed E-state index contributed by atoms with van der Waals surface area (Å²) in [6, 6.07) is 13.9. The molecule has 0 saturated heterocycles. The minimum atomic E-state index is -0.0404. The van der Waals surface area contributed by atoms with Crippen molar-refractivity contribution in [3.63, 3.8) is 0 Å². The molecule has 0 aliphatic carbocycles. The highest BCUT2D eigenvalue weighted by molar-refractivity contribution is 8.03. The van der Waals surface area contributed by atoms with Crippen molar-refractivity contribution in [2.24, 2.45) is 0 Å². The Balaban J connectivity index is 1.47. The topological polar surface area (TPSA) is 64.1 Å². The molecule has 1 N–H and O–H groups in total. The van der Waals surface area contributed by atoms with Gasteiger partial charge in [0.1, 0.15) is 5.75 Å². The second-order valence-corrected chi connectivity index (χ2v) is 9.48. The van der Waals surface area contributed by atoms with Crippen molar-refractivity contribution in [2.75, 3.05) is 18.2 Å². The average Bonchev–Trinajstić information content (AvgIpc) is 3.17. The van der Waals surface area contributed by atoms with Gasteiger partial charge in [0.2, 0.25) is 5.91 Å². The zero-order valence-electron chi connectivity index (χ0n) is 15.9. The zero-order valence-corrected chi connectivity index (χ0v) is 18.3. The highest BCUT2D eigenvalue weighted by atomic mass is 32.2. The van der Waals surface area contributed by atoms with E-state index in [1.165, 1.54) is 28.7 Å². The summed E-state index contributed by atoms with van der Waals surface area (Å²) in [5.41, 5.74) is 4.31. The maximum Gasteiger partial charge on any atom is 0.234 e. The Bertz CT molecular complexity index is 942. The van der Waals surface area contributed by atoms with E-state index in [9.17, 15) is 4.79 Å². The minimum Gasteiger partial charge on any atom is -0.497 e. The molecule has 1 amide bonds. The van der Waals surface area contributed by atoms with Crippen molar-refractivity contribution < 1.29 is 9.53 Å². The lowest BCUT2D eigenvalue weighted by Crippen LogP contribution is -2.15. The van der Waals surface area contributed by atoms with Gasteiger partial charge in [0.05, 0.1) is 12.9 Å². The van der Waals surface area contributed by atoms with Crippen molar-refractivity contribution in [1.82, 2.24) is 10.2 Å². The Morgan fingerprint density at radius 3 is 2.50 bits per heavy atom. The standard InChI is InChI=1S/C20H21N3O2S3/c1-13-5-4-6-17(14(13)2)21-18(24)12-27-20-23-22-19(28-20)26-11-15-7-9-16(25-3)10-8-15/h4-10H,11-12H2,1-3H3,(H,21,24). The molecule has 0 saturated carbocycles. The van der Waals surface area contributed by atoms with Crippen molar-refractivity contribution in [3.8, 4) is 5.75 Å². The molecule has 0 spiro atoms. The molecule has 0 aliphatic heterocycles. The molecule has 3 aromatic rings. The first kappa shape index (κ1) is 20.7. The fraction of sp³-hybridized carbons (Fsp3) is 0.250. The molecule has 8 heteroatoms. The van der Waals surface area contributed by atoms with Gasteiger partial charge in [-0.15, -0.1) is 10.2 Å². The third-order valence-corrected chi connectivity index (χ3v) is 7.38. The number of rotatable bonds is 8. The van der Waals surface area contributed by atoms with Gasteiger partial charge in [0.25, 0.3) is 0 Å². The number of hydrogen-bond donors (Lipinski definition) is 1. The number of benzene rings is 2. The first-order valence-corrected chi connectivity index (χ1v) is 11.4. The third-order valence-electron chi connectivity index (χ3n) is 4.11. The quantitative estimate of drug-likeness (QED) is 0.496. The maximum atomic E-state index is 12.2. The number of nitrogens with zero attached hydrogens (tertiary/aromatic N) is 2. The number of thioether (sulfide) groups is 2. The Labute approximate surface area is 177 Å². The predicted molar refractivity (Wildman–Crippen MR) is 118 cm³/mol. The molecule has 5 nitrogen and oxygen atoms in total. The first-order valence-electron chi connectivity index (χ1n) is 8.63. The fourth-order valence-electron chi connectivity index (χ4n) is 2.38. The molecule has 0 fully saturated rings. The van der Waals surface area contributed by atoms with E-state index in [4.69, 9.17) is 4.74 Å². The van der Waals surface area contributed by atoms with Crippen LogP contribution in [0, 0.1) is 13.8 Å². The number of methoxy groups -OCH3 is 1. The zero-order chi connectivity index (χ0) is 19.9. The second-order valence-electron chi connectivity index (χ2n) is 6.05. The molecule has 0 radical (unpaired) electrons. The van der Waals surface area contributed by atoms with Crippen molar-refractivity contribution in [1.29, 1.82) is 0 Å². The van der Waals surface area contributed by atoms with Crippen LogP contribution in [0.1, 0.15) is 16.7 Å². The lowest BCUT2D eigenvalue weighted by molar-refractivity contribution is -0.113. The van der Waals surface area contributed by atoms with Gasteiger partial charge in [-0.25, -0.2) is 0 Å². The lowest BCUT2D eigenvalue weighted by atomic mass is 10.1. The van der Waals surface area contributed by atoms with Gasteiger partial charge >= 0.3 is 0 Å². The molecular formula is C20H21N3O2S3. The Morgan fingerprint density at radius 2 is 1.79 bits per heavy atom. The molecule has 146 valence electrons. The lowest BCUT2D eigenvalue weighted by Gasteiger charge is -2.09. The van der Waals surface area contributed by atoms with Crippen LogP contribution in [-0.4, -0.2) is 29.0 Å². The average molecular weight is 432 g/mol. The largest absolute Gasteiger partial charge is 0.497 e. The summed E-state index contributed by atoms with van der Waals surface area (Å²) in [6.07, 6.45) is 0. The third kappa shape index (κ3) is 5.73. The normalized spacial score (nSPS) is 10.7.